The summed E-state index contributed by atoms with van der Waals surface area (Å²) < 4.78 is 0. The van der Waals surface area contributed by atoms with E-state index in [0.29, 0.717) is 16.6 Å². The highest BCUT2D eigenvalue weighted by Gasteiger charge is 2.04. The van der Waals surface area contributed by atoms with Gasteiger partial charge >= 0.3 is 0 Å². The van der Waals surface area contributed by atoms with Gasteiger partial charge in [-0.05, 0) is 29.8 Å². The van der Waals surface area contributed by atoms with E-state index in [2.05, 4.69) is 0 Å². The van der Waals surface area contributed by atoms with Gasteiger partial charge in [-0.1, -0.05) is 29.3 Å². The zero-order valence-corrected chi connectivity index (χ0v) is 10.2. The van der Waals surface area contributed by atoms with Crippen molar-refractivity contribution in [2.75, 3.05) is 0 Å². The van der Waals surface area contributed by atoms with Crippen molar-refractivity contribution in [1.82, 2.24) is 0 Å². The number of benzene rings is 1. The van der Waals surface area contributed by atoms with Gasteiger partial charge in [-0.15, -0.1) is 11.3 Å². The van der Waals surface area contributed by atoms with Crippen molar-refractivity contribution in [3.63, 3.8) is 0 Å². The van der Waals surface area contributed by atoms with Gasteiger partial charge in [0.15, 0.2) is 0 Å². The van der Waals surface area contributed by atoms with Crippen molar-refractivity contribution in [3.05, 3.63) is 45.3 Å². The van der Waals surface area contributed by atoms with Gasteiger partial charge in [0.1, 0.15) is 0 Å². The maximum absolute atomic E-state index is 5.95. The molecule has 0 aliphatic rings. The van der Waals surface area contributed by atoms with E-state index in [1.165, 1.54) is 0 Å². The Hall–Kier alpha value is -0.540. The summed E-state index contributed by atoms with van der Waals surface area (Å²) in [6, 6.07) is 9.71. The molecule has 15 heavy (non-hydrogen) atoms. The van der Waals surface area contributed by atoms with Crippen LogP contribution < -0.4 is 5.73 Å². The summed E-state index contributed by atoms with van der Waals surface area (Å²) in [5, 5.41) is 1.16. The highest BCUT2D eigenvalue weighted by Crippen LogP contribution is 2.32. The molecule has 0 radical (unpaired) electrons. The summed E-state index contributed by atoms with van der Waals surface area (Å²) in [4.78, 5) is 2.32. The minimum atomic E-state index is 0.575. The van der Waals surface area contributed by atoms with Gasteiger partial charge < -0.3 is 5.73 Å². The van der Waals surface area contributed by atoms with Crippen LogP contribution >= 0.6 is 34.5 Å². The van der Waals surface area contributed by atoms with E-state index in [0.717, 1.165) is 15.3 Å². The van der Waals surface area contributed by atoms with Gasteiger partial charge in [0, 0.05) is 16.3 Å². The Bertz CT molecular complexity index is 479. The third kappa shape index (κ3) is 2.34. The van der Waals surface area contributed by atoms with Crippen LogP contribution in [0.15, 0.2) is 30.3 Å². The molecular formula is C11H9Cl2NS. The lowest BCUT2D eigenvalue weighted by atomic mass is 10.2. The molecule has 2 aromatic rings. The van der Waals surface area contributed by atoms with Gasteiger partial charge in [0.05, 0.1) is 10.0 Å². The molecule has 0 saturated carbocycles. The van der Waals surface area contributed by atoms with Crippen molar-refractivity contribution < 1.29 is 0 Å². The Morgan fingerprint density at radius 1 is 1.07 bits per heavy atom. The molecule has 0 aliphatic heterocycles. The molecule has 0 atom stereocenters. The molecule has 0 saturated heterocycles. The first-order valence-electron chi connectivity index (χ1n) is 4.45. The predicted octanol–water partition coefficient (Wildman–Crippen LogP) is 4.18. The van der Waals surface area contributed by atoms with Crippen LogP contribution in [0.2, 0.25) is 10.0 Å². The van der Waals surface area contributed by atoms with Crippen molar-refractivity contribution >= 4 is 34.5 Å². The standard InChI is InChI=1S/C11H9Cl2NS/c12-9-3-1-7(5-10(9)13)11-4-2-8(6-14)15-11/h1-5H,6,14H2. The first kappa shape index (κ1) is 11.0. The Labute approximate surface area is 102 Å². The monoisotopic (exact) mass is 257 g/mol. The third-order valence-corrected chi connectivity index (χ3v) is 3.96. The molecule has 1 nitrogen and oxygen atoms in total. The quantitative estimate of drug-likeness (QED) is 0.859. The lowest BCUT2D eigenvalue weighted by Gasteiger charge is -1.99. The Balaban J connectivity index is 2.40. The molecule has 0 amide bonds. The summed E-state index contributed by atoms with van der Waals surface area (Å²) in [5.41, 5.74) is 6.64. The summed E-state index contributed by atoms with van der Waals surface area (Å²) in [7, 11) is 0. The van der Waals surface area contributed by atoms with E-state index < -0.39 is 0 Å². The lowest BCUT2D eigenvalue weighted by molar-refractivity contribution is 1.11. The fourth-order valence-electron chi connectivity index (χ4n) is 1.29. The van der Waals surface area contributed by atoms with E-state index in [1.807, 2.05) is 24.3 Å². The maximum Gasteiger partial charge on any atom is 0.0598 e. The molecule has 0 bridgehead atoms. The van der Waals surface area contributed by atoms with Gasteiger partial charge in [0.2, 0.25) is 0 Å². The topological polar surface area (TPSA) is 26.0 Å². The van der Waals surface area contributed by atoms with Gasteiger partial charge in [-0.25, -0.2) is 0 Å². The molecule has 78 valence electrons. The van der Waals surface area contributed by atoms with Crippen LogP contribution in [0.5, 0.6) is 0 Å². The first-order valence-corrected chi connectivity index (χ1v) is 6.02. The van der Waals surface area contributed by atoms with E-state index in [1.54, 1.807) is 17.4 Å². The summed E-state index contributed by atoms with van der Waals surface area (Å²) in [5.74, 6) is 0. The molecule has 4 heteroatoms. The van der Waals surface area contributed by atoms with Gasteiger partial charge in [-0.2, -0.15) is 0 Å². The molecule has 2 rings (SSSR count). The average molecular weight is 258 g/mol. The van der Waals surface area contributed by atoms with E-state index in [9.17, 15) is 0 Å². The summed E-state index contributed by atoms with van der Waals surface area (Å²) >= 11 is 13.5. The minimum Gasteiger partial charge on any atom is -0.326 e. The Kier molecular flexibility index (Phi) is 3.32. The highest BCUT2D eigenvalue weighted by molar-refractivity contribution is 7.15. The molecule has 0 spiro atoms. The second-order valence-corrected chi connectivity index (χ2v) is 5.08. The van der Waals surface area contributed by atoms with Crippen LogP contribution in [0.1, 0.15) is 4.88 Å². The van der Waals surface area contributed by atoms with Crippen molar-refractivity contribution in [3.8, 4) is 10.4 Å². The molecule has 0 unspecified atom stereocenters. The number of thiophene rings is 1. The zero-order valence-electron chi connectivity index (χ0n) is 7.84. The third-order valence-electron chi connectivity index (χ3n) is 2.07. The van der Waals surface area contributed by atoms with Crippen LogP contribution in [-0.4, -0.2) is 0 Å². The van der Waals surface area contributed by atoms with Crippen molar-refractivity contribution in [1.29, 1.82) is 0 Å². The first-order chi connectivity index (χ1) is 7.20. The smallest absolute Gasteiger partial charge is 0.0598 e. The molecular weight excluding hydrogens is 249 g/mol. The van der Waals surface area contributed by atoms with Crippen LogP contribution in [0, 0.1) is 0 Å². The van der Waals surface area contributed by atoms with Crippen molar-refractivity contribution in [2.45, 2.75) is 6.54 Å². The molecule has 2 N–H and O–H groups in total. The maximum atomic E-state index is 5.95. The largest absolute Gasteiger partial charge is 0.326 e. The SMILES string of the molecule is NCc1ccc(-c2ccc(Cl)c(Cl)c2)s1. The fraction of sp³-hybridized carbons (Fsp3) is 0.0909. The predicted molar refractivity (Wildman–Crippen MR) is 67.7 cm³/mol. The Morgan fingerprint density at radius 2 is 1.87 bits per heavy atom. The highest BCUT2D eigenvalue weighted by atomic mass is 35.5. The molecule has 0 fully saturated rings. The lowest BCUT2D eigenvalue weighted by Crippen LogP contribution is -1.90. The number of nitrogens with two attached hydrogens (primary N) is 1. The molecule has 1 aromatic heterocycles. The summed E-state index contributed by atoms with van der Waals surface area (Å²) in [6.07, 6.45) is 0. The van der Waals surface area contributed by atoms with Gasteiger partial charge in [0.25, 0.3) is 0 Å². The summed E-state index contributed by atoms with van der Waals surface area (Å²) in [6.45, 7) is 0.575. The van der Waals surface area contributed by atoms with E-state index in [-0.39, 0.29) is 0 Å². The van der Waals surface area contributed by atoms with Crippen LogP contribution in [0.4, 0.5) is 0 Å². The van der Waals surface area contributed by atoms with E-state index in [4.69, 9.17) is 28.9 Å². The van der Waals surface area contributed by atoms with Gasteiger partial charge in [-0.3, -0.25) is 0 Å². The van der Waals surface area contributed by atoms with Crippen molar-refractivity contribution in [2.24, 2.45) is 5.73 Å². The number of hydrogen-bond acceptors (Lipinski definition) is 2. The fourth-order valence-corrected chi connectivity index (χ4v) is 2.47. The minimum absolute atomic E-state index is 0.575. The molecule has 1 aromatic carbocycles. The molecule has 0 aliphatic carbocycles. The van der Waals surface area contributed by atoms with Crippen LogP contribution in [-0.2, 0) is 6.54 Å². The number of hydrogen-bond donors (Lipinski definition) is 1. The van der Waals surface area contributed by atoms with Crippen LogP contribution in [0.25, 0.3) is 10.4 Å². The zero-order chi connectivity index (χ0) is 10.8. The second-order valence-electron chi connectivity index (χ2n) is 3.10. The average Bonchev–Trinajstić information content (AvgIpc) is 2.70. The van der Waals surface area contributed by atoms with Crippen LogP contribution in [0.3, 0.4) is 0 Å². The Morgan fingerprint density at radius 3 is 2.47 bits per heavy atom. The number of halogens is 2. The molecule has 1 heterocycles. The number of rotatable bonds is 2. The normalized spacial score (nSPS) is 10.6. The second kappa shape index (κ2) is 4.54. The van der Waals surface area contributed by atoms with E-state index >= 15 is 0 Å².